The van der Waals surface area contributed by atoms with Crippen LogP contribution in [0.3, 0.4) is 0 Å². The molecule has 2 aromatic rings. The lowest BCUT2D eigenvalue weighted by atomic mass is 10.1. The number of nitrogens with zero attached hydrogens (tertiary/aromatic N) is 1. The number of pyridine rings is 1. The topological polar surface area (TPSA) is 59.1 Å². The van der Waals surface area contributed by atoms with Crippen LogP contribution in [0, 0.1) is 0 Å². The third kappa shape index (κ3) is 1.07. The minimum absolute atomic E-state index is 0.171. The molecule has 3 rings (SSSR count). The molecule has 0 saturated heterocycles. The first-order chi connectivity index (χ1) is 7.27. The molecule has 0 radical (unpaired) electrons. The number of phenols is 1. The second-order valence-electron chi connectivity index (χ2n) is 3.69. The van der Waals surface area contributed by atoms with Gasteiger partial charge in [0.2, 0.25) is 0 Å². The maximum Gasteiger partial charge on any atom is 0.115 e. The number of aromatic hydroxyl groups is 1. The fourth-order valence-electron chi connectivity index (χ4n) is 2.08. The van der Waals surface area contributed by atoms with E-state index in [4.69, 9.17) is 5.73 Å². The summed E-state index contributed by atoms with van der Waals surface area (Å²) in [5.41, 5.74) is 10.0. The summed E-state index contributed by atoms with van der Waals surface area (Å²) in [7, 11) is 0. The van der Waals surface area contributed by atoms with Crippen LogP contribution in [-0.4, -0.2) is 10.1 Å². The summed E-state index contributed by atoms with van der Waals surface area (Å²) in [5, 5.41) is 9.42. The highest BCUT2D eigenvalue weighted by Crippen LogP contribution is 2.41. The van der Waals surface area contributed by atoms with Gasteiger partial charge in [-0.05, 0) is 35.4 Å². The molecule has 1 aromatic heterocycles. The van der Waals surface area contributed by atoms with Crippen LogP contribution in [0.2, 0.25) is 0 Å². The van der Waals surface area contributed by atoms with E-state index in [9.17, 15) is 5.11 Å². The summed E-state index contributed by atoms with van der Waals surface area (Å²) in [6.45, 7) is 0. The van der Waals surface area contributed by atoms with E-state index >= 15 is 0 Å². The van der Waals surface area contributed by atoms with Crippen molar-refractivity contribution in [3.8, 4) is 17.0 Å². The van der Waals surface area contributed by atoms with Gasteiger partial charge in [0, 0.05) is 11.8 Å². The molecule has 0 bridgehead atoms. The van der Waals surface area contributed by atoms with Crippen LogP contribution in [-0.2, 0) is 0 Å². The summed E-state index contributed by atoms with van der Waals surface area (Å²) >= 11 is 0. The number of phenolic OH excluding ortho intramolecular Hbond substituents is 1. The Morgan fingerprint density at radius 2 is 2.07 bits per heavy atom. The van der Waals surface area contributed by atoms with Crippen molar-refractivity contribution in [1.29, 1.82) is 0 Å². The quantitative estimate of drug-likeness (QED) is 0.678. The van der Waals surface area contributed by atoms with Gasteiger partial charge >= 0.3 is 0 Å². The summed E-state index contributed by atoms with van der Waals surface area (Å²) in [6, 6.07) is 8.92. The van der Waals surface area contributed by atoms with Crippen LogP contribution in [0.25, 0.3) is 11.3 Å². The van der Waals surface area contributed by atoms with E-state index in [1.165, 1.54) is 0 Å². The second-order valence-corrected chi connectivity index (χ2v) is 3.69. The highest BCUT2D eigenvalue weighted by atomic mass is 16.3. The summed E-state index contributed by atoms with van der Waals surface area (Å²) in [6.07, 6.45) is 1.76. The number of benzene rings is 1. The number of hydrogen-bond acceptors (Lipinski definition) is 3. The predicted molar refractivity (Wildman–Crippen MR) is 57.4 cm³/mol. The van der Waals surface area contributed by atoms with E-state index in [-0.39, 0.29) is 11.8 Å². The van der Waals surface area contributed by atoms with Crippen molar-refractivity contribution in [2.75, 3.05) is 0 Å². The summed E-state index contributed by atoms with van der Waals surface area (Å²) < 4.78 is 0. The molecule has 0 saturated carbocycles. The lowest BCUT2D eigenvalue weighted by molar-refractivity contribution is 0.474. The van der Waals surface area contributed by atoms with Crippen molar-refractivity contribution >= 4 is 0 Å². The Labute approximate surface area is 87.2 Å². The zero-order valence-corrected chi connectivity index (χ0v) is 8.01. The SMILES string of the molecule is NC1c2cc(O)ccc2-c2ncccc21. The van der Waals surface area contributed by atoms with Gasteiger partial charge in [-0.1, -0.05) is 6.07 Å². The molecule has 0 fully saturated rings. The van der Waals surface area contributed by atoms with Crippen LogP contribution >= 0.6 is 0 Å². The molecule has 0 amide bonds. The molecule has 3 N–H and O–H groups in total. The normalized spacial score (nSPS) is 17.3. The Balaban J connectivity index is 2.32. The highest BCUT2D eigenvalue weighted by molar-refractivity contribution is 5.76. The molecular formula is C12H10N2O. The molecule has 0 spiro atoms. The monoisotopic (exact) mass is 198 g/mol. The van der Waals surface area contributed by atoms with Gasteiger partial charge in [0.25, 0.3) is 0 Å². The first-order valence-electron chi connectivity index (χ1n) is 4.81. The average molecular weight is 198 g/mol. The van der Waals surface area contributed by atoms with Crippen LogP contribution in [0.15, 0.2) is 36.5 Å². The Kier molecular flexibility index (Phi) is 1.58. The maximum atomic E-state index is 9.42. The Morgan fingerprint density at radius 3 is 2.93 bits per heavy atom. The molecule has 1 heterocycles. The van der Waals surface area contributed by atoms with Crippen molar-refractivity contribution in [2.24, 2.45) is 5.73 Å². The third-order valence-corrected chi connectivity index (χ3v) is 2.80. The fraction of sp³-hybridized carbons (Fsp3) is 0.0833. The van der Waals surface area contributed by atoms with Crippen LogP contribution in [0.5, 0.6) is 5.75 Å². The molecule has 1 unspecified atom stereocenters. The molecule has 3 nitrogen and oxygen atoms in total. The number of fused-ring (bicyclic) bond motifs is 3. The molecular weight excluding hydrogens is 188 g/mol. The van der Waals surface area contributed by atoms with Gasteiger partial charge in [-0.2, -0.15) is 0 Å². The van der Waals surface area contributed by atoms with E-state index in [0.717, 1.165) is 22.4 Å². The molecule has 1 aromatic carbocycles. The van der Waals surface area contributed by atoms with Gasteiger partial charge in [-0.3, -0.25) is 4.98 Å². The Morgan fingerprint density at radius 1 is 1.20 bits per heavy atom. The minimum atomic E-state index is -0.171. The molecule has 1 aliphatic rings. The Hall–Kier alpha value is -1.87. The number of rotatable bonds is 0. The van der Waals surface area contributed by atoms with E-state index in [2.05, 4.69) is 4.98 Å². The highest BCUT2D eigenvalue weighted by Gasteiger charge is 2.26. The third-order valence-electron chi connectivity index (χ3n) is 2.80. The first kappa shape index (κ1) is 8.44. The fourth-order valence-corrected chi connectivity index (χ4v) is 2.08. The van der Waals surface area contributed by atoms with E-state index in [1.807, 2.05) is 18.2 Å². The maximum absolute atomic E-state index is 9.42. The number of aromatic nitrogens is 1. The lowest BCUT2D eigenvalue weighted by Crippen LogP contribution is -2.07. The lowest BCUT2D eigenvalue weighted by Gasteiger charge is -2.05. The van der Waals surface area contributed by atoms with Gasteiger partial charge in [-0.15, -0.1) is 0 Å². The van der Waals surface area contributed by atoms with Crippen molar-refractivity contribution in [1.82, 2.24) is 4.98 Å². The zero-order valence-electron chi connectivity index (χ0n) is 8.01. The van der Waals surface area contributed by atoms with Crippen LogP contribution < -0.4 is 5.73 Å². The van der Waals surface area contributed by atoms with Crippen LogP contribution in [0.1, 0.15) is 17.2 Å². The van der Waals surface area contributed by atoms with Gasteiger partial charge in [0.15, 0.2) is 0 Å². The summed E-state index contributed by atoms with van der Waals surface area (Å²) in [5.74, 6) is 0.247. The Bertz CT molecular complexity index is 537. The van der Waals surface area contributed by atoms with Crippen molar-refractivity contribution in [3.63, 3.8) is 0 Å². The minimum Gasteiger partial charge on any atom is -0.508 e. The van der Waals surface area contributed by atoms with Gasteiger partial charge in [0.05, 0.1) is 11.7 Å². The smallest absolute Gasteiger partial charge is 0.115 e. The summed E-state index contributed by atoms with van der Waals surface area (Å²) in [4.78, 5) is 4.32. The standard InChI is InChI=1S/C12H10N2O/c13-11-9-2-1-5-14-12(9)8-4-3-7(15)6-10(8)11/h1-6,11,15H,13H2. The molecule has 15 heavy (non-hydrogen) atoms. The van der Waals surface area contributed by atoms with E-state index in [1.54, 1.807) is 18.3 Å². The van der Waals surface area contributed by atoms with Gasteiger partial charge < -0.3 is 10.8 Å². The largest absolute Gasteiger partial charge is 0.508 e. The molecule has 74 valence electrons. The molecule has 0 aliphatic heterocycles. The van der Waals surface area contributed by atoms with E-state index < -0.39 is 0 Å². The van der Waals surface area contributed by atoms with Gasteiger partial charge in [0.1, 0.15) is 5.75 Å². The molecule has 1 aliphatic carbocycles. The zero-order chi connectivity index (χ0) is 10.4. The predicted octanol–water partition coefficient (Wildman–Crippen LogP) is 1.82. The average Bonchev–Trinajstić information content (AvgIpc) is 2.54. The van der Waals surface area contributed by atoms with Crippen molar-refractivity contribution in [3.05, 3.63) is 47.7 Å². The van der Waals surface area contributed by atoms with Crippen molar-refractivity contribution < 1.29 is 5.11 Å². The number of hydrogen-bond donors (Lipinski definition) is 2. The molecule has 1 atom stereocenters. The van der Waals surface area contributed by atoms with Gasteiger partial charge in [-0.25, -0.2) is 0 Å². The first-order valence-corrected chi connectivity index (χ1v) is 4.81. The van der Waals surface area contributed by atoms with Crippen molar-refractivity contribution in [2.45, 2.75) is 6.04 Å². The second kappa shape index (κ2) is 2.81. The molecule has 3 heteroatoms. The van der Waals surface area contributed by atoms with Crippen LogP contribution in [0.4, 0.5) is 0 Å². The van der Waals surface area contributed by atoms with E-state index in [0.29, 0.717) is 0 Å². The number of nitrogens with two attached hydrogens (primary N) is 1.